The molecule has 0 aromatic heterocycles. The van der Waals surface area contributed by atoms with Gasteiger partial charge in [0.1, 0.15) is 24.2 Å². The zero-order chi connectivity index (χ0) is 17.2. The number of aliphatic hydroxyl groups is 1. The van der Waals surface area contributed by atoms with Crippen molar-refractivity contribution in [3.05, 3.63) is 59.9 Å². The van der Waals surface area contributed by atoms with Gasteiger partial charge in [-0.3, -0.25) is 0 Å². The summed E-state index contributed by atoms with van der Waals surface area (Å²) in [4.78, 5) is 11.4. The van der Waals surface area contributed by atoms with Gasteiger partial charge >= 0.3 is 5.97 Å². The molecule has 0 heterocycles. The molecule has 4 nitrogen and oxygen atoms in total. The smallest absolute Gasteiger partial charge is 0.333 e. The number of hydrogen-bond donors (Lipinski definition) is 1. The summed E-state index contributed by atoms with van der Waals surface area (Å²) in [6.45, 7) is 9.16. The van der Waals surface area contributed by atoms with Gasteiger partial charge in [-0.1, -0.05) is 31.7 Å². The van der Waals surface area contributed by atoms with Crippen LogP contribution in [0.25, 0.3) is 6.08 Å². The van der Waals surface area contributed by atoms with Crippen molar-refractivity contribution in [1.82, 2.24) is 0 Å². The van der Waals surface area contributed by atoms with Crippen molar-refractivity contribution in [3.63, 3.8) is 0 Å². The van der Waals surface area contributed by atoms with Gasteiger partial charge in [0.25, 0.3) is 0 Å². The van der Waals surface area contributed by atoms with Crippen molar-refractivity contribution in [2.24, 2.45) is 0 Å². The molecule has 0 aliphatic rings. The first-order valence-electron chi connectivity index (χ1n) is 7.59. The van der Waals surface area contributed by atoms with Gasteiger partial charge in [0, 0.05) is 5.57 Å². The molecule has 0 bridgehead atoms. The fourth-order valence-corrected chi connectivity index (χ4v) is 1.65. The second kappa shape index (κ2) is 9.51. The normalized spacial score (nSPS) is 12.9. The number of ether oxygens (including phenoxy) is 2. The van der Waals surface area contributed by atoms with Crippen LogP contribution in [-0.2, 0) is 9.53 Å². The van der Waals surface area contributed by atoms with Gasteiger partial charge in [0.2, 0.25) is 0 Å². The number of allylic oxidation sites excluding steroid dienone is 2. The standard InChI is InChI=1S/C19H24O4/c1-5-6-7-17(20)12-16-8-10-18(11-9-16)22-13-15(4)23-19(21)14(2)3/h6-12,15,20H,2,5,13H2,1,3-4H3/b7-6-,17-12+. The molecule has 4 heteroatoms. The van der Waals surface area contributed by atoms with E-state index in [4.69, 9.17) is 9.47 Å². The molecule has 0 saturated carbocycles. The minimum Gasteiger partial charge on any atom is -0.508 e. The van der Waals surface area contributed by atoms with Crippen LogP contribution in [0.1, 0.15) is 32.8 Å². The Morgan fingerprint density at radius 3 is 2.57 bits per heavy atom. The molecular formula is C19H24O4. The lowest BCUT2D eigenvalue weighted by molar-refractivity contribution is -0.144. The summed E-state index contributed by atoms with van der Waals surface area (Å²) in [5.74, 6) is 0.460. The Hall–Kier alpha value is -2.49. The number of esters is 1. The second-order valence-corrected chi connectivity index (χ2v) is 5.26. The maximum absolute atomic E-state index is 11.4. The summed E-state index contributed by atoms with van der Waals surface area (Å²) in [5.41, 5.74) is 1.24. The Morgan fingerprint density at radius 2 is 2.00 bits per heavy atom. The van der Waals surface area contributed by atoms with Crippen LogP contribution >= 0.6 is 0 Å². The Kier molecular flexibility index (Phi) is 7.67. The number of hydrogen-bond acceptors (Lipinski definition) is 4. The Bertz CT molecular complexity index is 582. The first-order valence-corrected chi connectivity index (χ1v) is 7.59. The molecule has 0 saturated heterocycles. The lowest BCUT2D eigenvalue weighted by atomic mass is 10.2. The fraction of sp³-hybridized carbons (Fsp3) is 0.316. The third-order valence-corrected chi connectivity index (χ3v) is 2.86. The highest BCUT2D eigenvalue weighted by atomic mass is 16.6. The van der Waals surface area contributed by atoms with Gasteiger partial charge in [0.05, 0.1) is 0 Å². The summed E-state index contributed by atoms with van der Waals surface area (Å²) in [6, 6.07) is 7.29. The van der Waals surface area contributed by atoms with Gasteiger partial charge in [-0.25, -0.2) is 4.79 Å². The average molecular weight is 316 g/mol. The molecular weight excluding hydrogens is 292 g/mol. The van der Waals surface area contributed by atoms with Crippen LogP contribution in [0.15, 0.2) is 54.3 Å². The van der Waals surface area contributed by atoms with Crippen molar-refractivity contribution in [3.8, 4) is 5.75 Å². The highest BCUT2D eigenvalue weighted by Gasteiger charge is 2.10. The zero-order valence-electron chi connectivity index (χ0n) is 13.9. The average Bonchev–Trinajstić information content (AvgIpc) is 2.52. The van der Waals surface area contributed by atoms with E-state index in [2.05, 4.69) is 6.58 Å². The summed E-state index contributed by atoms with van der Waals surface area (Å²) in [6.07, 6.45) is 5.74. The zero-order valence-corrected chi connectivity index (χ0v) is 13.9. The van der Waals surface area contributed by atoms with Crippen molar-refractivity contribution < 1.29 is 19.4 Å². The van der Waals surface area contributed by atoms with Gasteiger partial charge < -0.3 is 14.6 Å². The van der Waals surface area contributed by atoms with Crippen LogP contribution in [0.4, 0.5) is 0 Å². The van der Waals surface area contributed by atoms with Crippen molar-refractivity contribution in [1.29, 1.82) is 0 Å². The van der Waals surface area contributed by atoms with Gasteiger partial charge in [0.15, 0.2) is 0 Å². The first kappa shape index (κ1) is 18.6. The SMILES string of the molecule is C=C(C)C(=O)OC(C)COc1ccc(/C=C(O)\C=C/CC)cc1. The largest absolute Gasteiger partial charge is 0.508 e. The van der Waals surface area contributed by atoms with Gasteiger partial charge in [-0.2, -0.15) is 0 Å². The van der Waals surface area contributed by atoms with E-state index in [0.717, 1.165) is 12.0 Å². The molecule has 0 spiro atoms. The summed E-state index contributed by atoms with van der Waals surface area (Å²) < 4.78 is 10.7. The van der Waals surface area contributed by atoms with Crippen LogP contribution < -0.4 is 4.74 Å². The molecule has 0 aliphatic heterocycles. The first-order chi connectivity index (χ1) is 10.9. The number of aliphatic hydroxyl groups excluding tert-OH is 1. The molecule has 124 valence electrons. The monoisotopic (exact) mass is 316 g/mol. The van der Waals surface area contributed by atoms with E-state index in [-0.39, 0.29) is 18.5 Å². The minimum atomic E-state index is -0.419. The van der Waals surface area contributed by atoms with Crippen molar-refractivity contribution in [2.75, 3.05) is 6.61 Å². The van der Waals surface area contributed by atoms with Gasteiger partial charge in [-0.05, 0) is 50.1 Å². The molecule has 0 fully saturated rings. The third kappa shape index (κ3) is 7.36. The van der Waals surface area contributed by atoms with E-state index in [1.165, 1.54) is 0 Å². The molecule has 23 heavy (non-hydrogen) atoms. The summed E-state index contributed by atoms with van der Waals surface area (Å²) in [7, 11) is 0. The predicted octanol–water partition coefficient (Wildman–Crippen LogP) is 4.44. The van der Waals surface area contributed by atoms with Crippen molar-refractivity contribution in [2.45, 2.75) is 33.3 Å². The quantitative estimate of drug-likeness (QED) is 0.333. The lowest BCUT2D eigenvalue weighted by Crippen LogP contribution is -2.22. The van der Waals surface area contributed by atoms with Gasteiger partial charge in [-0.15, -0.1) is 0 Å². The number of rotatable bonds is 8. The van der Waals surface area contributed by atoms with E-state index in [9.17, 15) is 9.90 Å². The number of carbonyl (C=O) groups excluding carboxylic acids is 1. The fourth-order valence-electron chi connectivity index (χ4n) is 1.65. The molecule has 0 radical (unpaired) electrons. The molecule has 1 atom stereocenters. The van der Waals surface area contributed by atoms with E-state index >= 15 is 0 Å². The molecule has 1 aromatic carbocycles. The molecule has 1 unspecified atom stereocenters. The predicted molar refractivity (Wildman–Crippen MR) is 92.3 cm³/mol. The maximum atomic E-state index is 11.4. The third-order valence-electron chi connectivity index (χ3n) is 2.86. The molecule has 1 rings (SSSR count). The minimum absolute atomic E-state index is 0.209. The van der Waals surface area contributed by atoms with E-state index in [1.807, 2.05) is 25.1 Å². The Labute approximate surface area is 137 Å². The molecule has 0 amide bonds. The topological polar surface area (TPSA) is 55.8 Å². The molecule has 1 aromatic rings. The molecule has 1 N–H and O–H groups in total. The Morgan fingerprint density at radius 1 is 1.35 bits per heavy atom. The second-order valence-electron chi connectivity index (χ2n) is 5.26. The van der Waals surface area contributed by atoms with Crippen LogP contribution in [0.5, 0.6) is 5.75 Å². The van der Waals surface area contributed by atoms with Crippen LogP contribution in [0.2, 0.25) is 0 Å². The number of carbonyl (C=O) groups is 1. The van der Waals surface area contributed by atoms with Crippen LogP contribution in [0, 0.1) is 0 Å². The summed E-state index contributed by atoms with van der Waals surface area (Å²) >= 11 is 0. The van der Waals surface area contributed by atoms with Crippen molar-refractivity contribution >= 4 is 12.0 Å². The summed E-state index contributed by atoms with van der Waals surface area (Å²) in [5, 5.41) is 9.70. The molecule has 0 aliphatic carbocycles. The van der Waals surface area contributed by atoms with Crippen LogP contribution in [0.3, 0.4) is 0 Å². The maximum Gasteiger partial charge on any atom is 0.333 e. The van der Waals surface area contributed by atoms with Crippen LogP contribution in [-0.4, -0.2) is 23.8 Å². The lowest BCUT2D eigenvalue weighted by Gasteiger charge is -2.14. The van der Waals surface area contributed by atoms with E-state index in [0.29, 0.717) is 11.3 Å². The van der Waals surface area contributed by atoms with E-state index in [1.54, 1.807) is 38.1 Å². The highest BCUT2D eigenvalue weighted by molar-refractivity contribution is 5.87. The Balaban J connectivity index is 2.53. The van der Waals surface area contributed by atoms with E-state index < -0.39 is 5.97 Å². The number of benzene rings is 1. The highest BCUT2D eigenvalue weighted by Crippen LogP contribution is 2.15.